The molecule has 1 aliphatic rings. The van der Waals surface area contributed by atoms with Gasteiger partial charge in [-0.1, -0.05) is 20.8 Å². The highest BCUT2D eigenvalue weighted by molar-refractivity contribution is 5.12. The van der Waals surface area contributed by atoms with E-state index in [1.807, 2.05) is 13.8 Å². The first kappa shape index (κ1) is 14.4. The molecule has 1 fully saturated rings. The van der Waals surface area contributed by atoms with E-state index in [1.54, 1.807) is 0 Å². The maximum absolute atomic E-state index is 10.0. The molecule has 1 saturated carbocycles. The van der Waals surface area contributed by atoms with Crippen molar-refractivity contribution in [3.05, 3.63) is 11.8 Å². The van der Waals surface area contributed by atoms with Crippen LogP contribution in [0, 0.1) is 5.92 Å². The zero-order valence-corrected chi connectivity index (χ0v) is 11.2. The number of quaternary nitrogens is 1. The highest BCUT2D eigenvalue weighted by atomic mass is 35.5. The molecular formula is C11H20ClN3O2. The van der Waals surface area contributed by atoms with Crippen LogP contribution < -0.4 is 18.1 Å². The van der Waals surface area contributed by atoms with Crippen molar-refractivity contribution in [1.29, 1.82) is 0 Å². The summed E-state index contributed by atoms with van der Waals surface area (Å²) in [6.07, 6.45) is 1.41. The largest absolute Gasteiger partial charge is 1.00 e. The molecule has 1 aliphatic carbocycles. The van der Waals surface area contributed by atoms with Crippen molar-refractivity contribution in [2.45, 2.75) is 51.2 Å². The second-order valence-electron chi connectivity index (χ2n) is 5.36. The molecule has 5 nitrogen and oxygen atoms in total. The topological polar surface area (TPSA) is 86.8 Å². The molecule has 1 aromatic rings. The van der Waals surface area contributed by atoms with Gasteiger partial charge in [-0.15, -0.1) is 10.2 Å². The molecule has 6 heteroatoms. The minimum Gasteiger partial charge on any atom is -1.00 e. The van der Waals surface area contributed by atoms with E-state index < -0.39 is 6.10 Å². The average Bonchev–Trinajstić information content (AvgIpc) is 2.83. The summed E-state index contributed by atoms with van der Waals surface area (Å²) in [5.41, 5.74) is 3.98. The number of hydrogen-bond donors (Lipinski definition) is 2. The fourth-order valence-corrected chi connectivity index (χ4v) is 1.55. The molecule has 1 unspecified atom stereocenters. The SMILES string of the molecule is CC(C)[C@H]([NH3+])C(O)c1nnc(C2(C)CC2)o1.[Cl-]. The van der Waals surface area contributed by atoms with Gasteiger partial charge < -0.3 is 27.7 Å². The van der Waals surface area contributed by atoms with Crippen molar-refractivity contribution in [1.82, 2.24) is 10.2 Å². The molecule has 1 aromatic heterocycles. The molecule has 0 saturated heterocycles. The highest BCUT2D eigenvalue weighted by Crippen LogP contribution is 2.47. The van der Waals surface area contributed by atoms with E-state index in [9.17, 15) is 5.11 Å². The number of hydrogen-bond acceptors (Lipinski definition) is 4. The van der Waals surface area contributed by atoms with Crippen molar-refractivity contribution in [3.8, 4) is 0 Å². The first-order valence-electron chi connectivity index (χ1n) is 5.79. The Morgan fingerprint density at radius 2 is 1.94 bits per heavy atom. The highest BCUT2D eigenvalue weighted by Gasteiger charge is 2.45. The second kappa shape index (κ2) is 4.92. The standard InChI is InChI=1S/C11H19N3O2.ClH/c1-6(2)7(12)8(15)9-13-14-10(16-9)11(3)4-5-11;/h6-8,15H,4-5,12H2,1-3H3;1H/t7-,8?;/m0./s1. The van der Waals surface area contributed by atoms with Crippen molar-refractivity contribution in [3.63, 3.8) is 0 Å². The fourth-order valence-electron chi connectivity index (χ4n) is 1.55. The van der Waals surface area contributed by atoms with E-state index >= 15 is 0 Å². The lowest BCUT2D eigenvalue weighted by Gasteiger charge is -2.15. The van der Waals surface area contributed by atoms with Crippen molar-refractivity contribution in [2.75, 3.05) is 0 Å². The average molecular weight is 262 g/mol. The fraction of sp³-hybridized carbons (Fsp3) is 0.818. The Bertz CT molecular complexity index is 377. The Balaban J connectivity index is 0.00000144. The predicted octanol–water partition coefficient (Wildman–Crippen LogP) is -2.57. The molecule has 4 N–H and O–H groups in total. The van der Waals surface area contributed by atoms with Gasteiger partial charge in [-0.2, -0.15) is 0 Å². The van der Waals surface area contributed by atoms with Gasteiger partial charge in [-0.25, -0.2) is 0 Å². The summed E-state index contributed by atoms with van der Waals surface area (Å²) in [6.45, 7) is 6.13. The van der Waals surface area contributed by atoms with Gasteiger partial charge in [0.2, 0.25) is 5.89 Å². The lowest BCUT2D eigenvalue weighted by atomic mass is 10.00. The van der Waals surface area contributed by atoms with Crippen LogP contribution in [0.2, 0.25) is 0 Å². The summed E-state index contributed by atoms with van der Waals surface area (Å²) in [6, 6.07) is -0.125. The third-order valence-electron chi connectivity index (χ3n) is 3.47. The van der Waals surface area contributed by atoms with E-state index in [4.69, 9.17) is 4.42 Å². The third-order valence-corrected chi connectivity index (χ3v) is 3.47. The first-order chi connectivity index (χ1) is 7.44. The summed E-state index contributed by atoms with van der Waals surface area (Å²) in [5, 5.41) is 17.9. The minimum absolute atomic E-state index is 0. The van der Waals surface area contributed by atoms with Crippen LogP contribution in [0.5, 0.6) is 0 Å². The van der Waals surface area contributed by atoms with Crippen LogP contribution in [-0.4, -0.2) is 21.3 Å². The summed E-state index contributed by atoms with van der Waals surface area (Å²) < 4.78 is 5.53. The van der Waals surface area contributed by atoms with Gasteiger partial charge in [0.25, 0.3) is 5.89 Å². The second-order valence-corrected chi connectivity index (χ2v) is 5.36. The number of aromatic nitrogens is 2. The van der Waals surface area contributed by atoms with Crippen LogP contribution >= 0.6 is 0 Å². The predicted molar refractivity (Wildman–Crippen MR) is 57.4 cm³/mol. The van der Waals surface area contributed by atoms with Crippen molar-refractivity contribution >= 4 is 0 Å². The van der Waals surface area contributed by atoms with Crippen LogP contribution in [0.4, 0.5) is 0 Å². The zero-order valence-electron chi connectivity index (χ0n) is 10.5. The molecule has 0 spiro atoms. The molecular weight excluding hydrogens is 242 g/mol. The van der Waals surface area contributed by atoms with Gasteiger partial charge in [0.15, 0.2) is 6.10 Å². The summed E-state index contributed by atoms with van der Waals surface area (Å²) in [5.74, 6) is 1.23. The lowest BCUT2D eigenvalue weighted by Crippen LogP contribution is -3.00. The van der Waals surface area contributed by atoms with Crippen molar-refractivity contribution < 1.29 is 27.7 Å². The molecule has 0 bridgehead atoms. The molecule has 1 heterocycles. The van der Waals surface area contributed by atoms with Crippen molar-refractivity contribution in [2.24, 2.45) is 5.92 Å². The molecule has 0 amide bonds. The monoisotopic (exact) mass is 261 g/mol. The molecule has 2 atom stereocenters. The van der Waals surface area contributed by atoms with Crippen LogP contribution in [0.25, 0.3) is 0 Å². The van der Waals surface area contributed by atoms with Crippen LogP contribution in [0.3, 0.4) is 0 Å². The molecule has 0 aromatic carbocycles. The summed E-state index contributed by atoms with van der Waals surface area (Å²) in [7, 11) is 0. The lowest BCUT2D eigenvalue weighted by molar-refractivity contribution is -0.451. The number of aliphatic hydroxyl groups is 1. The van der Waals surface area contributed by atoms with Crippen LogP contribution in [-0.2, 0) is 5.41 Å². The number of aliphatic hydroxyl groups excluding tert-OH is 1. The van der Waals surface area contributed by atoms with Gasteiger partial charge in [0.1, 0.15) is 6.04 Å². The smallest absolute Gasteiger partial charge is 0.251 e. The molecule has 98 valence electrons. The summed E-state index contributed by atoms with van der Waals surface area (Å²) >= 11 is 0. The number of halogens is 1. The summed E-state index contributed by atoms with van der Waals surface area (Å²) in [4.78, 5) is 0. The van der Waals surface area contributed by atoms with Crippen LogP contribution in [0.1, 0.15) is 51.5 Å². The van der Waals surface area contributed by atoms with Crippen LogP contribution in [0.15, 0.2) is 4.42 Å². The Hall–Kier alpha value is -0.650. The quantitative estimate of drug-likeness (QED) is 0.624. The van der Waals surface area contributed by atoms with E-state index in [0.717, 1.165) is 12.8 Å². The van der Waals surface area contributed by atoms with E-state index in [1.165, 1.54) is 0 Å². The molecule has 17 heavy (non-hydrogen) atoms. The Kier molecular flexibility index (Phi) is 4.17. The van der Waals surface area contributed by atoms with E-state index in [2.05, 4.69) is 22.9 Å². The van der Waals surface area contributed by atoms with Gasteiger partial charge in [0, 0.05) is 11.3 Å². The van der Waals surface area contributed by atoms with Gasteiger partial charge in [-0.05, 0) is 12.8 Å². The maximum atomic E-state index is 10.0. The normalized spacial score (nSPS) is 20.8. The number of nitrogens with zero attached hydrogens (tertiary/aromatic N) is 2. The third kappa shape index (κ3) is 2.78. The molecule has 0 aliphatic heterocycles. The Morgan fingerprint density at radius 3 is 2.41 bits per heavy atom. The minimum atomic E-state index is -0.761. The Labute approximate surface area is 107 Å². The first-order valence-corrected chi connectivity index (χ1v) is 5.79. The molecule has 2 rings (SSSR count). The van der Waals surface area contributed by atoms with Gasteiger partial charge >= 0.3 is 0 Å². The maximum Gasteiger partial charge on any atom is 0.251 e. The zero-order chi connectivity index (χ0) is 11.9. The number of rotatable bonds is 4. The van der Waals surface area contributed by atoms with Gasteiger partial charge in [0.05, 0.1) is 0 Å². The Morgan fingerprint density at radius 1 is 1.35 bits per heavy atom. The molecule has 0 radical (unpaired) electrons. The van der Waals surface area contributed by atoms with Gasteiger partial charge in [-0.3, -0.25) is 0 Å². The van der Waals surface area contributed by atoms with E-state index in [0.29, 0.717) is 11.8 Å². The van der Waals surface area contributed by atoms with E-state index in [-0.39, 0.29) is 29.8 Å².